The van der Waals surface area contributed by atoms with Crippen LogP contribution in [0.2, 0.25) is 0 Å². The number of halogens is 3. The number of nitrogens with zero attached hydrogens (tertiary/aromatic N) is 4. The van der Waals surface area contributed by atoms with E-state index < -0.39 is 18.2 Å². The minimum Gasteiger partial charge on any atom is -0.475 e. The second-order valence-corrected chi connectivity index (χ2v) is 8.17. The summed E-state index contributed by atoms with van der Waals surface area (Å²) in [5.74, 6) is -2.38. The highest BCUT2D eigenvalue weighted by Crippen LogP contribution is 2.39. The minimum absolute atomic E-state index is 0.235. The number of hydrogen-bond acceptors (Lipinski definition) is 6. The van der Waals surface area contributed by atoms with Gasteiger partial charge >= 0.3 is 18.2 Å². The summed E-state index contributed by atoms with van der Waals surface area (Å²) < 4.78 is 33.5. The molecular weight excluding hydrogens is 433 g/mol. The number of nitrogens with one attached hydrogen (secondary N) is 2. The Labute approximate surface area is 179 Å². The van der Waals surface area contributed by atoms with Gasteiger partial charge in [0.1, 0.15) is 0 Å². The van der Waals surface area contributed by atoms with Crippen molar-refractivity contribution in [2.24, 2.45) is 12.5 Å². The summed E-state index contributed by atoms with van der Waals surface area (Å²) in [4.78, 5) is 36.3. The number of alkyl halides is 3. The maximum absolute atomic E-state index is 12.1. The lowest BCUT2D eigenvalue weighted by Gasteiger charge is -2.57. The minimum atomic E-state index is -5.08. The number of benzene rings is 1. The molecule has 0 atom stereocenters. The highest BCUT2D eigenvalue weighted by Gasteiger charge is 2.47. The Kier molecular flexibility index (Phi) is 5.23. The summed E-state index contributed by atoms with van der Waals surface area (Å²) in [6.45, 7) is 4.77. The molecule has 2 aromatic rings. The first-order chi connectivity index (χ1) is 15.0. The topological polar surface area (TPSA) is 120 Å². The second kappa shape index (κ2) is 7.65. The molecule has 0 aliphatic carbocycles. The Morgan fingerprint density at radius 3 is 2.41 bits per heavy atom. The zero-order chi connectivity index (χ0) is 23.3. The Morgan fingerprint density at radius 1 is 1.22 bits per heavy atom. The van der Waals surface area contributed by atoms with E-state index in [1.807, 2.05) is 13.1 Å². The molecule has 0 radical (unpaired) electrons. The number of carbonyl (C=O) groups is 3. The third-order valence-corrected chi connectivity index (χ3v) is 5.79. The molecule has 1 spiro atoms. The first kappa shape index (κ1) is 21.9. The van der Waals surface area contributed by atoms with Crippen LogP contribution >= 0.6 is 0 Å². The number of urea groups is 1. The van der Waals surface area contributed by atoms with Gasteiger partial charge in [-0.25, -0.2) is 9.59 Å². The van der Waals surface area contributed by atoms with E-state index in [4.69, 9.17) is 9.90 Å². The Bertz CT molecular complexity index is 1090. The van der Waals surface area contributed by atoms with Gasteiger partial charge in [-0.05, 0) is 18.2 Å². The van der Waals surface area contributed by atoms with Crippen LogP contribution in [-0.2, 0) is 16.6 Å². The van der Waals surface area contributed by atoms with Gasteiger partial charge in [0.2, 0.25) is 5.91 Å². The number of fused-ring (bicyclic) bond motifs is 1. The molecule has 10 nitrogen and oxygen atoms in total. The summed E-state index contributed by atoms with van der Waals surface area (Å²) in [5, 5.41) is 18.3. The van der Waals surface area contributed by atoms with E-state index in [0.717, 1.165) is 37.1 Å². The molecule has 32 heavy (non-hydrogen) atoms. The van der Waals surface area contributed by atoms with E-state index in [9.17, 15) is 22.8 Å². The van der Waals surface area contributed by atoms with Crippen molar-refractivity contribution >= 4 is 40.3 Å². The average Bonchev–Trinajstić information content (AvgIpc) is 2.95. The van der Waals surface area contributed by atoms with Gasteiger partial charge in [-0.15, -0.1) is 0 Å². The molecule has 3 aliphatic rings. The maximum Gasteiger partial charge on any atom is 0.490 e. The first-order valence-corrected chi connectivity index (χ1v) is 9.83. The van der Waals surface area contributed by atoms with Gasteiger partial charge in [-0.1, -0.05) is 0 Å². The van der Waals surface area contributed by atoms with Crippen LogP contribution in [0.15, 0.2) is 18.2 Å². The van der Waals surface area contributed by atoms with Gasteiger partial charge < -0.3 is 15.3 Å². The zero-order valence-corrected chi connectivity index (χ0v) is 17.1. The van der Waals surface area contributed by atoms with E-state index in [1.54, 1.807) is 9.58 Å². The number of hydrogen-bond donors (Lipinski definition) is 3. The largest absolute Gasteiger partial charge is 0.490 e. The lowest BCUT2D eigenvalue weighted by atomic mass is 9.74. The lowest BCUT2D eigenvalue weighted by Crippen LogP contribution is -2.71. The number of aryl methyl sites for hydroxylation is 1. The summed E-state index contributed by atoms with van der Waals surface area (Å²) >= 11 is 0. The van der Waals surface area contributed by atoms with E-state index in [0.29, 0.717) is 24.2 Å². The molecule has 172 valence electrons. The molecule has 1 aromatic carbocycles. The molecule has 13 heteroatoms. The van der Waals surface area contributed by atoms with Crippen LogP contribution in [0.1, 0.15) is 6.42 Å². The van der Waals surface area contributed by atoms with Crippen LogP contribution in [0.4, 0.5) is 29.5 Å². The molecule has 3 amide bonds. The van der Waals surface area contributed by atoms with E-state index >= 15 is 0 Å². The van der Waals surface area contributed by atoms with Crippen molar-refractivity contribution in [1.82, 2.24) is 20.4 Å². The predicted molar refractivity (Wildman–Crippen MR) is 107 cm³/mol. The Morgan fingerprint density at radius 2 is 1.88 bits per heavy atom. The van der Waals surface area contributed by atoms with Crippen LogP contribution in [0.25, 0.3) is 10.9 Å². The van der Waals surface area contributed by atoms with Crippen LogP contribution in [0, 0.1) is 5.41 Å². The van der Waals surface area contributed by atoms with Gasteiger partial charge in [0.15, 0.2) is 5.82 Å². The summed E-state index contributed by atoms with van der Waals surface area (Å²) in [6, 6.07) is 5.86. The SMILES string of the molecule is Cn1nc(N2CCC(=O)NC2=O)c2ccc(N3CC4(CNC4)C3)cc21.O=C(O)C(F)(F)F. The predicted octanol–water partition coefficient (Wildman–Crippen LogP) is 1.06. The van der Waals surface area contributed by atoms with Crippen molar-refractivity contribution < 1.29 is 32.7 Å². The van der Waals surface area contributed by atoms with Gasteiger partial charge in [0.25, 0.3) is 0 Å². The number of anilines is 2. The van der Waals surface area contributed by atoms with Crippen molar-refractivity contribution in [3.05, 3.63) is 18.2 Å². The smallest absolute Gasteiger partial charge is 0.475 e. The van der Waals surface area contributed by atoms with E-state index in [1.165, 1.54) is 5.69 Å². The summed E-state index contributed by atoms with van der Waals surface area (Å²) in [5.41, 5.74) is 2.66. The Hall–Kier alpha value is -3.35. The maximum atomic E-state index is 12.1. The molecule has 3 aliphatic heterocycles. The normalized spacial score (nSPS) is 19.8. The second-order valence-electron chi connectivity index (χ2n) is 8.17. The zero-order valence-electron chi connectivity index (χ0n) is 17.1. The van der Waals surface area contributed by atoms with Gasteiger partial charge in [0.05, 0.1) is 5.52 Å². The van der Waals surface area contributed by atoms with Crippen LogP contribution in [-0.4, -0.2) is 71.7 Å². The third-order valence-electron chi connectivity index (χ3n) is 5.79. The molecule has 1 aromatic heterocycles. The number of imide groups is 1. The van der Waals surface area contributed by atoms with Gasteiger partial charge in [-0.3, -0.25) is 19.7 Å². The standard InChI is InChI=1S/C17H20N6O2.C2HF3O2/c1-21-13-6-11(22-9-17(10-22)7-18-8-17)2-3-12(13)15(20-21)23-5-4-14(24)19-16(23)25;3-2(4,5)1(6)7/h2-3,6,18H,4-5,7-10H2,1H3,(H,19,24,25);(H,6,7). The third kappa shape index (κ3) is 3.95. The fourth-order valence-corrected chi connectivity index (χ4v) is 4.04. The Balaban J connectivity index is 0.000000307. The molecule has 3 fully saturated rings. The molecule has 0 bridgehead atoms. The highest BCUT2D eigenvalue weighted by atomic mass is 19.4. The molecule has 3 saturated heterocycles. The molecule has 4 heterocycles. The fraction of sp³-hybridized carbons (Fsp3) is 0.474. The summed E-state index contributed by atoms with van der Waals surface area (Å²) in [7, 11) is 1.88. The number of aromatic nitrogens is 2. The van der Waals surface area contributed by atoms with Crippen LogP contribution in [0.3, 0.4) is 0 Å². The average molecular weight is 454 g/mol. The van der Waals surface area contributed by atoms with E-state index in [2.05, 4.69) is 32.8 Å². The van der Waals surface area contributed by atoms with Gasteiger partial charge in [0, 0.05) is 62.7 Å². The highest BCUT2D eigenvalue weighted by molar-refractivity contribution is 6.09. The molecule has 0 saturated carbocycles. The summed E-state index contributed by atoms with van der Waals surface area (Å²) in [6.07, 6.45) is -4.79. The number of carbonyl (C=O) groups excluding carboxylic acids is 2. The molecule has 0 unspecified atom stereocenters. The molecule has 3 N–H and O–H groups in total. The number of carboxylic acid groups (broad SMARTS) is 1. The van der Waals surface area contributed by atoms with Crippen LogP contribution < -0.4 is 20.4 Å². The van der Waals surface area contributed by atoms with Crippen molar-refractivity contribution in [1.29, 1.82) is 0 Å². The fourth-order valence-electron chi connectivity index (χ4n) is 4.04. The van der Waals surface area contributed by atoms with Crippen LogP contribution in [0.5, 0.6) is 0 Å². The van der Waals surface area contributed by atoms with Gasteiger partial charge in [-0.2, -0.15) is 18.3 Å². The lowest BCUT2D eigenvalue weighted by molar-refractivity contribution is -0.192. The quantitative estimate of drug-likeness (QED) is 0.621. The number of amides is 3. The van der Waals surface area contributed by atoms with Crippen molar-refractivity contribution in [3.8, 4) is 0 Å². The number of carboxylic acids is 1. The van der Waals surface area contributed by atoms with Crippen molar-refractivity contribution in [2.75, 3.05) is 42.5 Å². The number of rotatable bonds is 2. The molecular formula is C19H21F3N6O4. The van der Waals surface area contributed by atoms with E-state index in [-0.39, 0.29) is 5.91 Å². The monoisotopic (exact) mass is 454 g/mol. The first-order valence-electron chi connectivity index (χ1n) is 9.83. The molecule has 5 rings (SSSR count). The van der Waals surface area contributed by atoms with Crippen molar-refractivity contribution in [3.63, 3.8) is 0 Å². The van der Waals surface area contributed by atoms with Crippen molar-refractivity contribution in [2.45, 2.75) is 12.6 Å². The number of aliphatic carboxylic acids is 1.